The lowest BCUT2D eigenvalue weighted by Crippen LogP contribution is -2.46. The van der Waals surface area contributed by atoms with E-state index < -0.39 is 16.1 Å². The minimum Gasteiger partial charge on any atom is -0.464 e. The molecule has 1 saturated heterocycles. The number of nitrogens with zero attached hydrogens (tertiary/aromatic N) is 1. The first-order valence-corrected chi connectivity index (χ1v) is 12.3. The molecule has 1 unspecified atom stereocenters. The third-order valence-corrected chi connectivity index (χ3v) is 8.05. The molecule has 1 aliphatic rings. The van der Waals surface area contributed by atoms with Gasteiger partial charge in [0.1, 0.15) is 5.58 Å². The number of likely N-dealkylation sites (tertiary alicyclic amines) is 1. The van der Waals surface area contributed by atoms with Gasteiger partial charge in [0.2, 0.25) is 10.0 Å². The smallest absolute Gasteiger partial charge is 0.241 e. The first-order valence-electron chi connectivity index (χ1n) is 10.0. The molecule has 30 heavy (non-hydrogen) atoms. The molecule has 1 atom stereocenters. The van der Waals surface area contributed by atoms with Crippen molar-refractivity contribution in [2.24, 2.45) is 0 Å². The van der Waals surface area contributed by atoms with Crippen LogP contribution in [0.2, 0.25) is 0 Å². The molecule has 1 aromatic heterocycles. The van der Waals surface area contributed by atoms with E-state index in [9.17, 15) is 13.5 Å². The Labute approximate surface area is 185 Å². The first kappa shape index (κ1) is 21.5. The molecule has 1 aliphatic heterocycles. The highest BCUT2D eigenvalue weighted by molar-refractivity contribution is 9.10. The Morgan fingerprint density at radius 3 is 2.60 bits per heavy atom. The van der Waals surface area contributed by atoms with Gasteiger partial charge >= 0.3 is 0 Å². The number of β-amino-alcohol motifs (C(OH)–C–C–N with tert-alkyl or cyclic N) is 1. The molecule has 0 radical (unpaired) electrons. The fourth-order valence-electron chi connectivity index (χ4n) is 3.99. The number of piperidine rings is 1. The number of halogens is 1. The largest absolute Gasteiger partial charge is 0.464 e. The molecule has 0 spiro atoms. The average molecular weight is 493 g/mol. The zero-order chi connectivity index (χ0) is 21.1. The monoisotopic (exact) mass is 492 g/mol. The normalized spacial score (nSPS) is 17.4. The van der Waals surface area contributed by atoms with Crippen LogP contribution in [-0.4, -0.2) is 50.2 Å². The highest BCUT2D eigenvalue weighted by atomic mass is 79.9. The molecule has 0 saturated carbocycles. The SMILES string of the molecule is O=S(=O)(NC1CCN(CC(O)Cc2coc3ccccc23)CC1)c1ccccc1Br. The number of hydrogen-bond donors (Lipinski definition) is 2. The maximum Gasteiger partial charge on any atom is 0.241 e. The summed E-state index contributed by atoms with van der Waals surface area (Å²) in [5, 5.41) is 11.6. The van der Waals surface area contributed by atoms with Crippen molar-refractivity contribution in [2.45, 2.75) is 36.3 Å². The van der Waals surface area contributed by atoms with Gasteiger partial charge in [-0.15, -0.1) is 0 Å². The minimum absolute atomic E-state index is 0.103. The summed E-state index contributed by atoms with van der Waals surface area (Å²) < 4.78 is 34.3. The number of aliphatic hydroxyl groups excluding tert-OH is 1. The number of para-hydroxylation sites is 1. The molecule has 4 rings (SSSR count). The summed E-state index contributed by atoms with van der Waals surface area (Å²) in [6.07, 6.45) is 3.18. The quantitative estimate of drug-likeness (QED) is 0.526. The summed E-state index contributed by atoms with van der Waals surface area (Å²) in [5.74, 6) is 0. The standard InChI is InChI=1S/C22H25BrN2O4S/c23-20-6-2-4-8-22(20)30(27,28)24-17-9-11-25(12-10-17)14-18(26)13-16-15-29-21-7-3-1-5-19(16)21/h1-8,15,17-18,24,26H,9-14H2. The van der Waals surface area contributed by atoms with Crippen molar-refractivity contribution in [3.63, 3.8) is 0 Å². The third kappa shape index (κ3) is 4.95. The van der Waals surface area contributed by atoms with E-state index >= 15 is 0 Å². The molecular formula is C22H25BrN2O4S. The predicted octanol–water partition coefficient (Wildman–Crippen LogP) is 3.54. The molecule has 0 amide bonds. The van der Waals surface area contributed by atoms with Gasteiger partial charge in [0.05, 0.1) is 17.3 Å². The third-order valence-electron chi connectivity index (χ3n) is 5.52. The van der Waals surface area contributed by atoms with Crippen molar-refractivity contribution in [3.05, 3.63) is 64.8 Å². The van der Waals surface area contributed by atoms with E-state index in [2.05, 4.69) is 25.6 Å². The number of rotatable bonds is 7. The van der Waals surface area contributed by atoms with E-state index in [-0.39, 0.29) is 10.9 Å². The first-order chi connectivity index (χ1) is 14.4. The van der Waals surface area contributed by atoms with Gasteiger partial charge in [0.15, 0.2) is 0 Å². The Morgan fingerprint density at radius 2 is 1.83 bits per heavy atom. The summed E-state index contributed by atoms with van der Waals surface area (Å²) in [6.45, 7) is 2.04. The predicted molar refractivity (Wildman–Crippen MR) is 120 cm³/mol. The highest BCUT2D eigenvalue weighted by Crippen LogP contribution is 2.24. The molecule has 160 valence electrons. The molecule has 2 N–H and O–H groups in total. The van der Waals surface area contributed by atoms with Gasteiger partial charge in [-0.3, -0.25) is 0 Å². The molecule has 8 heteroatoms. The van der Waals surface area contributed by atoms with Crippen LogP contribution < -0.4 is 4.72 Å². The zero-order valence-corrected chi connectivity index (χ0v) is 18.9. The Morgan fingerprint density at radius 1 is 1.13 bits per heavy atom. The maximum absolute atomic E-state index is 12.7. The minimum atomic E-state index is -3.56. The summed E-state index contributed by atoms with van der Waals surface area (Å²) >= 11 is 3.31. The van der Waals surface area contributed by atoms with Crippen LogP contribution in [0.4, 0.5) is 0 Å². The topological polar surface area (TPSA) is 82.8 Å². The van der Waals surface area contributed by atoms with Gasteiger partial charge in [0, 0.05) is 34.4 Å². The number of aliphatic hydroxyl groups is 1. The highest BCUT2D eigenvalue weighted by Gasteiger charge is 2.26. The number of sulfonamides is 1. The van der Waals surface area contributed by atoms with Crippen LogP contribution in [0, 0.1) is 0 Å². The van der Waals surface area contributed by atoms with Crippen molar-refractivity contribution >= 4 is 36.9 Å². The number of hydrogen-bond acceptors (Lipinski definition) is 5. The van der Waals surface area contributed by atoms with Gasteiger partial charge in [0.25, 0.3) is 0 Å². The Bertz CT molecular complexity index is 1110. The second-order valence-electron chi connectivity index (χ2n) is 7.74. The van der Waals surface area contributed by atoms with Gasteiger partial charge in [-0.05, 0) is 60.1 Å². The molecule has 1 fully saturated rings. The Balaban J connectivity index is 1.29. The van der Waals surface area contributed by atoms with E-state index in [1.807, 2.05) is 24.3 Å². The molecule has 0 bridgehead atoms. The number of fused-ring (bicyclic) bond motifs is 1. The summed E-state index contributed by atoms with van der Waals surface area (Å²) in [4.78, 5) is 2.45. The van der Waals surface area contributed by atoms with Crippen LogP contribution in [0.3, 0.4) is 0 Å². The van der Waals surface area contributed by atoms with Crippen LogP contribution in [0.25, 0.3) is 11.0 Å². The second-order valence-corrected chi connectivity index (χ2v) is 10.3. The van der Waals surface area contributed by atoms with E-state index in [1.165, 1.54) is 0 Å². The van der Waals surface area contributed by atoms with Crippen LogP contribution >= 0.6 is 15.9 Å². The number of benzene rings is 2. The van der Waals surface area contributed by atoms with Crippen LogP contribution in [0.1, 0.15) is 18.4 Å². The zero-order valence-electron chi connectivity index (χ0n) is 16.5. The van der Waals surface area contributed by atoms with Gasteiger partial charge in [-0.2, -0.15) is 0 Å². The van der Waals surface area contributed by atoms with Crippen molar-refractivity contribution < 1.29 is 17.9 Å². The van der Waals surface area contributed by atoms with Gasteiger partial charge in [-0.25, -0.2) is 13.1 Å². The Hall–Kier alpha value is -1.71. The molecular weight excluding hydrogens is 468 g/mol. The van der Waals surface area contributed by atoms with E-state index in [4.69, 9.17) is 4.42 Å². The van der Waals surface area contributed by atoms with Gasteiger partial charge < -0.3 is 14.4 Å². The molecule has 2 heterocycles. The van der Waals surface area contributed by atoms with Crippen LogP contribution in [0.15, 0.2) is 68.6 Å². The lowest BCUT2D eigenvalue weighted by atomic mass is 10.0. The Kier molecular flexibility index (Phi) is 6.60. The van der Waals surface area contributed by atoms with Crippen molar-refractivity contribution in [3.8, 4) is 0 Å². The lowest BCUT2D eigenvalue weighted by molar-refractivity contribution is 0.0963. The van der Waals surface area contributed by atoms with Crippen molar-refractivity contribution in [1.82, 2.24) is 9.62 Å². The summed E-state index contributed by atoms with van der Waals surface area (Å²) in [7, 11) is -3.56. The maximum atomic E-state index is 12.7. The molecule has 2 aromatic carbocycles. The summed E-state index contributed by atoms with van der Waals surface area (Å²) in [6, 6.07) is 14.5. The average Bonchev–Trinajstić information content (AvgIpc) is 3.12. The van der Waals surface area contributed by atoms with Gasteiger partial charge in [-0.1, -0.05) is 30.3 Å². The van der Waals surface area contributed by atoms with E-state index in [0.29, 0.717) is 30.3 Å². The number of nitrogens with one attached hydrogen (secondary N) is 1. The van der Waals surface area contributed by atoms with Crippen molar-refractivity contribution in [2.75, 3.05) is 19.6 Å². The van der Waals surface area contributed by atoms with E-state index in [1.54, 1.807) is 30.5 Å². The van der Waals surface area contributed by atoms with Crippen LogP contribution in [-0.2, 0) is 16.4 Å². The van der Waals surface area contributed by atoms with E-state index in [0.717, 1.165) is 29.6 Å². The fraction of sp³-hybridized carbons (Fsp3) is 0.364. The van der Waals surface area contributed by atoms with Crippen LogP contribution in [0.5, 0.6) is 0 Å². The fourth-order valence-corrected chi connectivity index (χ4v) is 6.29. The summed E-state index contributed by atoms with van der Waals surface area (Å²) in [5.41, 5.74) is 1.84. The van der Waals surface area contributed by atoms with Crippen molar-refractivity contribution in [1.29, 1.82) is 0 Å². The molecule has 6 nitrogen and oxygen atoms in total. The second kappa shape index (κ2) is 9.20. The lowest BCUT2D eigenvalue weighted by Gasteiger charge is -2.33. The molecule has 0 aliphatic carbocycles. The molecule has 3 aromatic rings. The number of furan rings is 1.